The lowest BCUT2D eigenvalue weighted by Crippen LogP contribution is -2.24. The van der Waals surface area contributed by atoms with E-state index in [1.165, 1.54) is 12.3 Å². The van der Waals surface area contributed by atoms with Crippen LogP contribution in [-0.4, -0.2) is 18.6 Å². The largest absolute Gasteiger partial charge is 0.361 e. The van der Waals surface area contributed by atoms with E-state index in [4.69, 9.17) is 16.1 Å². The minimum absolute atomic E-state index is 0.0164. The number of aromatic nitrogens is 2. The van der Waals surface area contributed by atoms with E-state index in [9.17, 15) is 8.42 Å². The molecule has 0 fully saturated rings. The average molecular weight is 367 g/mol. The van der Waals surface area contributed by atoms with Crippen molar-refractivity contribution >= 4 is 37.6 Å². The number of nitrogens with one attached hydrogen (secondary N) is 1. The van der Waals surface area contributed by atoms with Gasteiger partial charge in [0.05, 0.1) is 12.2 Å². The highest BCUT2D eigenvalue weighted by Crippen LogP contribution is 2.22. The Kier molecular flexibility index (Phi) is 4.24. The number of hydrogen-bond acceptors (Lipinski definition) is 5. The quantitative estimate of drug-likeness (QED) is 0.839. The summed E-state index contributed by atoms with van der Waals surface area (Å²) in [6, 6.07) is 3.02. The van der Waals surface area contributed by atoms with Crippen molar-refractivity contribution in [3.63, 3.8) is 0 Å². The molecule has 2 aromatic rings. The molecule has 9 heteroatoms. The van der Waals surface area contributed by atoms with Crippen molar-refractivity contribution in [3.8, 4) is 0 Å². The van der Waals surface area contributed by atoms with Crippen molar-refractivity contribution < 1.29 is 12.9 Å². The first-order valence-corrected chi connectivity index (χ1v) is 7.77. The van der Waals surface area contributed by atoms with Crippen LogP contribution in [0.2, 0.25) is 5.15 Å². The molecule has 0 spiro atoms. The summed E-state index contributed by atoms with van der Waals surface area (Å²) in [6.45, 7) is 1.74. The minimum atomic E-state index is -3.76. The standard InChI is InChI=1S/C10H9BrClN3O3S/c1-6-2-8(15-18-6)5-14-19(16,17)9-3-7(11)4-13-10(9)12/h2-4,14H,5H2,1H3. The van der Waals surface area contributed by atoms with Crippen molar-refractivity contribution in [2.24, 2.45) is 0 Å². The molecule has 1 N–H and O–H groups in total. The molecule has 0 saturated carbocycles. The number of halogens is 2. The van der Waals surface area contributed by atoms with Crippen molar-refractivity contribution in [1.29, 1.82) is 0 Å². The third-order valence-electron chi connectivity index (χ3n) is 2.18. The van der Waals surface area contributed by atoms with Gasteiger partial charge in [-0.2, -0.15) is 0 Å². The van der Waals surface area contributed by atoms with Crippen LogP contribution in [0.5, 0.6) is 0 Å². The molecule has 2 heterocycles. The molecule has 2 aromatic heterocycles. The van der Waals surface area contributed by atoms with Gasteiger partial charge in [-0.05, 0) is 28.9 Å². The summed E-state index contributed by atoms with van der Waals surface area (Å²) in [5.41, 5.74) is 0.486. The lowest BCUT2D eigenvalue weighted by atomic mass is 10.4. The number of nitrogens with zero attached hydrogens (tertiary/aromatic N) is 2. The maximum Gasteiger partial charge on any atom is 0.244 e. The predicted octanol–water partition coefficient (Wildman–Crippen LogP) is 2.27. The molecular weight excluding hydrogens is 358 g/mol. The highest BCUT2D eigenvalue weighted by atomic mass is 79.9. The van der Waals surface area contributed by atoms with Crippen molar-refractivity contribution in [1.82, 2.24) is 14.9 Å². The molecule has 0 atom stereocenters. The van der Waals surface area contributed by atoms with Crippen LogP contribution >= 0.6 is 27.5 Å². The SMILES string of the molecule is Cc1cc(CNS(=O)(=O)c2cc(Br)cnc2Cl)no1. The van der Waals surface area contributed by atoms with Gasteiger partial charge in [-0.15, -0.1) is 0 Å². The van der Waals surface area contributed by atoms with E-state index in [0.717, 1.165) is 0 Å². The van der Waals surface area contributed by atoms with Crippen LogP contribution in [0, 0.1) is 6.92 Å². The highest BCUT2D eigenvalue weighted by Gasteiger charge is 2.19. The molecular formula is C10H9BrClN3O3S. The van der Waals surface area contributed by atoms with E-state index in [1.807, 2.05) is 0 Å². The Hall–Kier alpha value is -0.960. The Labute approximate surface area is 123 Å². The maximum atomic E-state index is 12.1. The van der Waals surface area contributed by atoms with Gasteiger partial charge in [0.25, 0.3) is 0 Å². The summed E-state index contributed by atoms with van der Waals surface area (Å²) in [7, 11) is -3.76. The van der Waals surface area contributed by atoms with Gasteiger partial charge in [0, 0.05) is 16.7 Å². The molecule has 2 rings (SSSR count). The van der Waals surface area contributed by atoms with Crippen LogP contribution in [0.4, 0.5) is 0 Å². The van der Waals surface area contributed by atoms with Crippen LogP contribution in [-0.2, 0) is 16.6 Å². The molecule has 102 valence electrons. The van der Waals surface area contributed by atoms with Gasteiger partial charge < -0.3 is 4.52 Å². The van der Waals surface area contributed by atoms with E-state index in [-0.39, 0.29) is 16.6 Å². The monoisotopic (exact) mass is 365 g/mol. The van der Waals surface area contributed by atoms with Gasteiger partial charge in [0.15, 0.2) is 0 Å². The van der Waals surface area contributed by atoms with Gasteiger partial charge in [0.1, 0.15) is 15.8 Å². The van der Waals surface area contributed by atoms with Gasteiger partial charge in [-0.1, -0.05) is 16.8 Å². The van der Waals surface area contributed by atoms with Gasteiger partial charge in [0.2, 0.25) is 10.0 Å². The maximum absolute atomic E-state index is 12.1. The van der Waals surface area contributed by atoms with Crippen LogP contribution in [0.3, 0.4) is 0 Å². The lowest BCUT2D eigenvalue weighted by Gasteiger charge is -2.06. The third kappa shape index (κ3) is 3.53. The minimum Gasteiger partial charge on any atom is -0.361 e. The molecule has 0 saturated heterocycles. The molecule has 19 heavy (non-hydrogen) atoms. The van der Waals surface area contributed by atoms with Crippen LogP contribution < -0.4 is 4.72 Å². The van der Waals surface area contributed by atoms with Crippen molar-refractivity contribution in [2.75, 3.05) is 0 Å². The third-order valence-corrected chi connectivity index (χ3v) is 4.44. The second kappa shape index (κ2) is 5.58. The fourth-order valence-electron chi connectivity index (χ4n) is 1.34. The summed E-state index contributed by atoms with van der Waals surface area (Å²) in [4.78, 5) is 3.68. The Morgan fingerprint density at radius 3 is 2.84 bits per heavy atom. The number of pyridine rings is 1. The molecule has 6 nitrogen and oxygen atoms in total. The summed E-state index contributed by atoms with van der Waals surface area (Å²) in [6.07, 6.45) is 1.42. The number of sulfonamides is 1. The van der Waals surface area contributed by atoms with E-state index in [0.29, 0.717) is 15.9 Å². The topological polar surface area (TPSA) is 85.1 Å². The number of hydrogen-bond donors (Lipinski definition) is 1. The summed E-state index contributed by atoms with van der Waals surface area (Å²) < 4.78 is 31.9. The second-order valence-corrected chi connectivity index (χ2v) is 6.70. The number of aryl methyl sites for hydroxylation is 1. The van der Waals surface area contributed by atoms with Crippen LogP contribution in [0.25, 0.3) is 0 Å². The van der Waals surface area contributed by atoms with Crippen molar-refractivity contribution in [3.05, 3.63) is 39.4 Å². The fraction of sp³-hybridized carbons (Fsp3) is 0.200. The van der Waals surface area contributed by atoms with E-state index in [2.05, 4.69) is 30.8 Å². The van der Waals surface area contributed by atoms with Gasteiger partial charge in [-0.25, -0.2) is 18.1 Å². The fourth-order valence-corrected chi connectivity index (χ4v) is 3.28. The van der Waals surface area contributed by atoms with Crippen molar-refractivity contribution in [2.45, 2.75) is 18.4 Å². The molecule has 0 aromatic carbocycles. The molecule has 0 radical (unpaired) electrons. The molecule has 0 aliphatic heterocycles. The number of rotatable bonds is 4. The lowest BCUT2D eigenvalue weighted by molar-refractivity contribution is 0.390. The zero-order chi connectivity index (χ0) is 14.0. The summed E-state index contributed by atoms with van der Waals surface area (Å²) in [5.74, 6) is 0.608. The van der Waals surface area contributed by atoms with Gasteiger partial charge in [-0.3, -0.25) is 0 Å². The molecule has 0 aliphatic rings. The Morgan fingerprint density at radius 2 is 2.21 bits per heavy atom. The first-order chi connectivity index (χ1) is 8.88. The highest BCUT2D eigenvalue weighted by molar-refractivity contribution is 9.10. The second-order valence-electron chi connectivity index (χ2n) is 3.70. The Balaban J connectivity index is 2.20. The Bertz CT molecular complexity index is 702. The molecule has 0 amide bonds. The first kappa shape index (κ1) is 14.4. The zero-order valence-electron chi connectivity index (χ0n) is 9.72. The smallest absolute Gasteiger partial charge is 0.244 e. The normalized spacial score (nSPS) is 11.7. The predicted molar refractivity (Wildman–Crippen MR) is 72.2 cm³/mol. The first-order valence-electron chi connectivity index (χ1n) is 5.11. The van der Waals surface area contributed by atoms with E-state index in [1.54, 1.807) is 13.0 Å². The van der Waals surface area contributed by atoms with E-state index >= 15 is 0 Å². The zero-order valence-corrected chi connectivity index (χ0v) is 12.9. The summed E-state index contributed by atoms with van der Waals surface area (Å²) >= 11 is 8.93. The molecule has 0 bridgehead atoms. The van der Waals surface area contributed by atoms with Crippen LogP contribution in [0.15, 0.2) is 32.2 Å². The van der Waals surface area contributed by atoms with Crippen LogP contribution in [0.1, 0.15) is 11.5 Å². The van der Waals surface area contributed by atoms with E-state index < -0.39 is 10.0 Å². The molecule has 0 unspecified atom stereocenters. The molecule has 0 aliphatic carbocycles. The van der Waals surface area contributed by atoms with Gasteiger partial charge >= 0.3 is 0 Å². The average Bonchev–Trinajstić information content (AvgIpc) is 2.76. The summed E-state index contributed by atoms with van der Waals surface area (Å²) in [5, 5.41) is 3.60. The Morgan fingerprint density at radius 1 is 1.47 bits per heavy atom.